The summed E-state index contributed by atoms with van der Waals surface area (Å²) in [5.74, 6) is 0.864. The molecule has 0 aliphatic heterocycles. The summed E-state index contributed by atoms with van der Waals surface area (Å²) in [4.78, 5) is 0. The molecule has 2 saturated carbocycles. The highest BCUT2D eigenvalue weighted by Crippen LogP contribution is 2.29. The lowest BCUT2D eigenvalue weighted by molar-refractivity contribution is 0.434. The van der Waals surface area contributed by atoms with Gasteiger partial charge in [-0.05, 0) is 44.6 Å². The van der Waals surface area contributed by atoms with Gasteiger partial charge in [-0.1, -0.05) is 12.8 Å². The van der Waals surface area contributed by atoms with Crippen molar-refractivity contribution in [3.8, 4) is 0 Å². The molecule has 0 aromatic rings. The molecule has 2 aliphatic rings. The van der Waals surface area contributed by atoms with Crippen LogP contribution >= 0.6 is 11.6 Å². The molecule has 1 nitrogen and oxygen atoms in total. The average molecular weight is 202 g/mol. The van der Waals surface area contributed by atoms with Gasteiger partial charge < -0.3 is 5.32 Å². The van der Waals surface area contributed by atoms with Crippen LogP contribution in [0.5, 0.6) is 0 Å². The van der Waals surface area contributed by atoms with Gasteiger partial charge in [0.15, 0.2) is 0 Å². The number of alkyl halides is 1. The number of rotatable bonds is 3. The fraction of sp³-hybridized carbons (Fsp3) is 1.00. The molecule has 76 valence electrons. The normalized spacial score (nSPS) is 35.8. The van der Waals surface area contributed by atoms with Gasteiger partial charge >= 0.3 is 0 Å². The van der Waals surface area contributed by atoms with Crippen molar-refractivity contribution in [1.29, 1.82) is 0 Å². The molecule has 2 rings (SSSR count). The smallest absolute Gasteiger partial charge is 0.0339 e. The topological polar surface area (TPSA) is 12.0 Å². The maximum absolute atomic E-state index is 6.07. The van der Waals surface area contributed by atoms with E-state index in [9.17, 15) is 0 Å². The van der Waals surface area contributed by atoms with Crippen molar-refractivity contribution in [2.75, 3.05) is 6.54 Å². The first-order valence-electron chi connectivity index (χ1n) is 5.72. The maximum atomic E-state index is 6.07. The third-order valence-electron chi connectivity index (χ3n) is 3.53. The predicted octanol–water partition coefficient (Wildman–Crippen LogP) is 2.93. The van der Waals surface area contributed by atoms with Gasteiger partial charge in [-0.2, -0.15) is 0 Å². The van der Waals surface area contributed by atoms with E-state index in [2.05, 4.69) is 5.32 Å². The van der Waals surface area contributed by atoms with Crippen molar-refractivity contribution < 1.29 is 0 Å². The molecule has 0 aromatic carbocycles. The molecule has 0 radical (unpaired) electrons. The number of hydrogen-bond acceptors (Lipinski definition) is 1. The van der Waals surface area contributed by atoms with Crippen molar-refractivity contribution in [3.05, 3.63) is 0 Å². The second kappa shape index (κ2) is 4.65. The molecule has 0 spiro atoms. The Balaban J connectivity index is 1.62. The third kappa shape index (κ3) is 2.85. The Labute approximate surface area is 86.2 Å². The van der Waals surface area contributed by atoms with E-state index in [1.165, 1.54) is 51.5 Å². The highest BCUT2D eigenvalue weighted by atomic mass is 35.5. The molecule has 0 saturated heterocycles. The average Bonchev–Trinajstić information content (AvgIpc) is 2.71. The summed E-state index contributed by atoms with van der Waals surface area (Å²) in [5, 5.41) is 4.15. The number of nitrogens with one attached hydrogen (secondary N) is 1. The van der Waals surface area contributed by atoms with Gasteiger partial charge in [0.05, 0.1) is 0 Å². The highest BCUT2D eigenvalue weighted by Gasteiger charge is 2.23. The minimum absolute atomic E-state index is 0.468. The highest BCUT2D eigenvalue weighted by molar-refractivity contribution is 6.20. The van der Waals surface area contributed by atoms with Crippen molar-refractivity contribution in [1.82, 2.24) is 5.32 Å². The van der Waals surface area contributed by atoms with E-state index < -0.39 is 0 Å². The monoisotopic (exact) mass is 201 g/mol. The maximum Gasteiger partial charge on any atom is 0.0339 e. The molecule has 0 bridgehead atoms. The second-order valence-electron chi connectivity index (χ2n) is 4.67. The van der Waals surface area contributed by atoms with E-state index in [1.54, 1.807) is 0 Å². The van der Waals surface area contributed by atoms with Crippen LogP contribution in [-0.2, 0) is 0 Å². The van der Waals surface area contributed by atoms with Gasteiger partial charge in [0.25, 0.3) is 0 Å². The Morgan fingerprint density at radius 3 is 2.46 bits per heavy atom. The first-order chi connectivity index (χ1) is 6.34. The Morgan fingerprint density at radius 1 is 1.08 bits per heavy atom. The molecular weight excluding hydrogens is 182 g/mol. The molecule has 2 heteroatoms. The first kappa shape index (κ1) is 9.79. The van der Waals surface area contributed by atoms with Crippen molar-refractivity contribution in [3.63, 3.8) is 0 Å². The van der Waals surface area contributed by atoms with Crippen LogP contribution in [-0.4, -0.2) is 18.0 Å². The molecule has 13 heavy (non-hydrogen) atoms. The number of hydrogen-bond donors (Lipinski definition) is 1. The van der Waals surface area contributed by atoms with Crippen LogP contribution in [0.3, 0.4) is 0 Å². The third-order valence-corrected chi connectivity index (χ3v) is 3.92. The van der Waals surface area contributed by atoms with Gasteiger partial charge in [0.1, 0.15) is 0 Å². The van der Waals surface area contributed by atoms with Crippen molar-refractivity contribution in [2.24, 2.45) is 5.92 Å². The van der Waals surface area contributed by atoms with E-state index in [0.29, 0.717) is 5.38 Å². The molecule has 0 aromatic heterocycles. The van der Waals surface area contributed by atoms with Crippen LogP contribution in [0.4, 0.5) is 0 Å². The van der Waals surface area contributed by atoms with Crippen LogP contribution < -0.4 is 5.32 Å². The Hall–Kier alpha value is 0.250. The fourth-order valence-electron chi connectivity index (χ4n) is 2.66. The van der Waals surface area contributed by atoms with Crippen LogP contribution in [0.15, 0.2) is 0 Å². The molecule has 2 fully saturated rings. The van der Waals surface area contributed by atoms with Crippen LogP contribution in [0.25, 0.3) is 0 Å². The van der Waals surface area contributed by atoms with E-state index >= 15 is 0 Å². The lowest BCUT2D eigenvalue weighted by Gasteiger charge is -2.15. The fourth-order valence-corrected chi connectivity index (χ4v) is 3.04. The van der Waals surface area contributed by atoms with Crippen LogP contribution in [0.2, 0.25) is 0 Å². The van der Waals surface area contributed by atoms with E-state index in [4.69, 9.17) is 11.6 Å². The molecule has 2 unspecified atom stereocenters. The summed E-state index contributed by atoms with van der Waals surface area (Å²) < 4.78 is 0. The van der Waals surface area contributed by atoms with Crippen LogP contribution in [0.1, 0.15) is 44.9 Å². The largest absolute Gasteiger partial charge is 0.314 e. The molecular formula is C11H20ClN. The second-order valence-corrected chi connectivity index (χ2v) is 5.28. The summed E-state index contributed by atoms with van der Waals surface area (Å²) in [6.45, 7) is 1.22. The molecule has 2 aliphatic carbocycles. The lowest BCUT2D eigenvalue weighted by Crippen LogP contribution is -2.30. The Morgan fingerprint density at radius 2 is 1.85 bits per heavy atom. The molecule has 1 N–H and O–H groups in total. The van der Waals surface area contributed by atoms with Crippen molar-refractivity contribution >= 4 is 11.6 Å². The first-order valence-corrected chi connectivity index (χ1v) is 6.15. The zero-order valence-corrected chi connectivity index (χ0v) is 9.02. The van der Waals surface area contributed by atoms with Crippen LogP contribution in [0, 0.1) is 5.92 Å². The SMILES string of the molecule is ClC1CCC(CNC2CCCC2)C1. The van der Waals surface area contributed by atoms with Gasteiger partial charge in [-0.25, -0.2) is 0 Å². The minimum atomic E-state index is 0.468. The van der Waals surface area contributed by atoms with E-state index in [1.807, 2.05) is 0 Å². The summed E-state index contributed by atoms with van der Waals surface area (Å²) in [5.41, 5.74) is 0. The summed E-state index contributed by atoms with van der Waals surface area (Å²) in [6, 6.07) is 0.828. The quantitative estimate of drug-likeness (QED) is 0.693. The summed E-state index contributed by atoms with van der Waals surface area (Å²) in [6.07, 6.45) is 9.47. The summed E-state index contributed by atoms with van der Waals surface area (Å²) in [7, 11) is 0. The molecule has 2 atom stereocenters. The van der Waals surface area contributed by atoms with Gasteiger partial charge in [0, 0.05) is 11.4 Å². The zero-order valence-electron chi connectivity index (χ0n) is 8.27. The zero-order chi connectivity index (χ0) is 9.10. The van der Waals surface area contributed by atoms with E-state index in [-0.39, 0.29) is 0 Å². The van der Waals surface area contributed by atoms with Gasteiger partial charge in [-0.15, -0.1) is 11.6 Å². The standard InChI is InChI=1S/C11H20ClN/c12-10-6-5-9(7-10)8-13-11-3-1-2-4-11/h9-11,13H,1-8H2. The Kier molecular flexibility index (Phi) is 3.51. The lowest BCUT2D eigenvalue weighted by atomic mass is 10.1. The summed E-state index contributed by atoms with van der Waals surface area (Å²) >= 11 is 6.07. The molecule has 0 amide bonds. The number of halogens is 1. The van der Waals surface area contributed by atoms with E-state index in [0.717, 1.165) is 12.0 Å². The Bertz CT molecular complexity index is 154. The van der Waals surface area contributed by atoms with Gasteiger partial charge in [-0.3, -0.25) is 0 Å². The van der Waals surface area contributed by atoms with Gasteiger partial charge in [0.2, 0.25) is 0 Å². The molecule has 0 heterocycles. The minimum Gasteiger partial charge on any atom is -0.314 e. The predicted molar refractivity (Wildman–Crippen MR) is 57.2 cm³/mol. The van der Waals surface area contributed by atoms with Crippen molar-refractivity contribution in [2.45, 2.75) is 56.4 Å².